The Morgan fingerprint density at radius 3 is 2.52 bits per heavy atom. The molecule has 1 saturated carbocycles. The van der Waals surface area contributed by atoms with Crippen LogP contribution >= 0.6 is 11.3 Å². The molecular weight excluding hydrogens is 434 g/mol. The van der Waals surface area contributed by atoms with E-state index in [1.165, 1.54) is 25.7 Å². The Morgan fingerprint density at radius 2 is 1.79 bits per heavy atom. The molecule has 1 aliphatic carbocycles. The van der Waals surface area contributed by atoms with Crippen molar-refractivity contribution in [2.75, 3.05) is 5.32 Å². The summed E-state index contributed by atoms with van der Waals surface area (Å²) in [6, 6.07) is 20.3. The van der Waals surface area contributed by atoms with Crippen LogP contribution < -0.4 is 10.1 Å². The Bertz CT molecular complexity index is 1250. The van der Waals surface area contributed by atoms with E-state index >= 15 is 0 Å². The molecule has 1 fully saturated rings. The molecule has 0 amide bonds. The van der Waals surface area contributed by atoms with Crippen LogP contribution in [0.1, 0.15) is 47.0 Å². The fourth-order valence-corrected chi connectivity index (χ4v) is 5.14. The van der Waals surface area contributed by atoms with Crippen molar-refractivity contribution >= 4 is 28.8 Å². The topological polar surface area (TPSA) is 84.3 Å². The van der Waals surface area contributed by atoms with E-state index < -0.39 is 5.97 Å². The number of aromatic carboxylic acids is 1. The van der Waals surface area contributed by atoms with Gasteiger partial charge in [0.1, 0.15) is 22.3 Å². The molecule has 33 heavy (non-hydrogen) atoms. The van der Waals surface area contributed by atoms with Gasteiger partial charge in [0.05, 0.1) is 5.56 Å². The summed E-state index contributed by atoms with van der Waals surface area (Å²) in [5.41, 5.74) is 2.90. The summed E-state index contributed by atoms with van der Waals surface area (Å²) in [6.45, 7) is 0. The maximum atomic E-state index is 11.1. The number of rotatable bonds is 7. The molecule has 5 rings (SSSR count). The zero-order valence-corrected chi connectivity index (χ0v) is 18.7. The van der Waals surface area contributed by atoms with Gasteiger partial charge in [0, 0.05) is 29.4 Å². The lowest BCUT2D eigenvalue weighted by Gasteiger charge is -2.09. The number of carboxylic acids is 1. The van der Waals surface area contributed by atoms with Gasteiger partial charge in [-0.25, -0.2) is 14.8 Å². The second-order valence-corrected chi connectivity index (χ2v) is 9.02. The molecule has 4 aromatic rings. The van der Waals surface area contributed by atoms with Gasteiger partial charge in [0.15, 0.2) is 0 Å². The van der Waals surface area contributed by atoms with Crippen molar-refractivity contribution in [1.29, 1.82) is 0 Å². The first-order valence-corrected chi connectivity index (χ1v) is 11.8. The highest BCUT2D eigenvalue weighted by Crippen LogP contribution is 2.44. The van der Waals surface area contributed by atoms with Crippen molar-refractivity contribution in [1.82, 2.24) is 9.97 Å². The van der Waals surface area contributed by atoms with Gasteiger partial charge >= 0.3 is 5.97 Å². The quantitative estimate of drug-likeness (QED) is 0.308. The average Bonchev–Trinajstić information content (AvgIpc) is 3.51. The maximum Gasteiger partial charge on any atom is 0.335 e. The fraction of sp³-hybridized carbons (Fsp3) is 0.192. The first-order chi connectivity index (χ1) is 16.2. The Balaban J connectivity index is 1.40. The predicted molar refractivity (Wildman–Crippen MR) is 130 cm³/mol. The number of aromatic nitrogens is 2. The minimum Gasteiger partial charge on any atom is -0.478 e. The van der Waals surface area contributed by atoms with Crippen molar-refractivity contribution in [2.45, 2.75) is 31.6 Å². The van der Waals surface area contributed by atoms with Crippen molar-refractivity contribution in [3.05, 3.63) is 83.5 Å². The number of carbonyl (C=O) groups is 1. The lowest BCUT2D eigenvalue weighted by Crippen LogP contribution is -1.97. The lowest BCUT2D eigenvalue weighted by atomic mass is 10.1. The third kappa shape index (κ3) is 4.88. The van der Waals surface area contributed by atoms with E-state index in [0.29, 0.717) is 17.5 Å². The monoisotopic (exact) mass is 457 g/mol. The van der Waals surface area contributed by atoms with E-state index in [4.69, 9.17) is 14.8 Å². The molecule has 6 nitrogen and oxygen atoms in total. The van der Waals surface area contributed by atoms with E-state index in [-0.39, 0.29) is 5.56 Å². The summed E-state index contributed by atoms with van der Waals surface area (Å²) < 4.78 is 6.33. The first-order valence-electron chi connectivity index (χ1n) is 11.0. The zero-order valence-electron chi connectivity index (χ0n) is 17.9. The van der Waals surface area contributed by atoms with Crippen LogP contribution in [-0.2, 0) is 0 Å². The number of pyridine rings is 1. The first kappa shape index (κ1) is 21.2. The standard InChI is InChI=1S/C26H23N3O3S/c30-25(31)19-10-12-20(13-11-19)28-22-16-21(14-15-27-22)32-26-23(17-6-2-1-3-7-17)29-24(33-26)18-8-4-5-9-18/h1-3,6-7,10-16,18H,4-5,8-9H2,(H,27,28)(H,30,31). The molecule has 0 bridgehead atoms. The van der Waals surface area contributed by atoms with Gasteiger partial charge in [-0.05, 0) is 43.2 Å². The number of nitrogens with zero attached hydrogens (tertiary/aromatic N) is 2. The molecule has 2 aromatic carbocycles. The Morgan fingerprint density at radius 1 is 1.03 bits per heavy atom. The summed E-state index contributed by atoms with van der Waals surface area (Å²) in [5.74, 6) is 0.829. The third-order valence-electron chi connectivity index (χ3n) is 5.71. The highest BCUT2D eigenvalue weighted by atomic mass is 32.1. The Labute approximate surface area is 195 Å². The van der Waals surface area contributed by atoms with E-state index in [1.807, 2.05) is 30.3 Å². The molecule has 7 heteroatoms. The van der Waals surface area contributed by atoms with Crippen LogP contribution in [0.25, 0.3) is 11.3 Å². The van der Waals surface area contributed by atoms with E-state index in [0.717, 1.165) is 27.0 Å². The van der Waals surface area contributed by atoms with Gasteiger partial charge in [-0.1, -0.05) is 54.5 Å². The number of anilines is 2. The average molecular weight is 458 g/mol. The zero-order chi connectivity index (χ0) is 22.6. The van der Waals surface area contributed by atoms with E-state index in [1.54, 1.807) is 41.8 Å². The Hall–Kier alpha value is -3.71. The number of nitrogens with one attached hydrogen (secondary N) is 1. The molecule has 0 radical (unpaired) electrons. The normalized spacial score (nSPS) is 13.7. The molecule has 0 aliphatic heterocycles. The molecule has 2 N–H and O–H groups in total. The number of ether oxygens (including phenoxy) is 1. The summed E-state index contributed by atoms with van der Waals surface area (Å²) in [5, 5.41) is 14.2. The van der Waals surface area contributed by atoms with Crippen molar-refractivity contribution in [2.24, 2.45) is 0 Å². The highest BCUT2D eigenvalue weighted by Gasteiger charge is 2.24. The minimum absolute atomic E-state index is 0.238. The Kier molecular flexibility index (Phi) is 6.04. The van der Waals surface area contributed by atoms with Crippen LogP contribution in [0.3, 0.4) is 0 Å². The molecule has 0 atom stereocenters. The van der Waals surface area contributed by atoms with E-state index in [9.17, 15) is 4.79 Å². The molecule has 1 aliphatic rings. The van der Waals surface area contributed by atoms with Crippen molar-refractivity contribution in [3.63, 3.8) is 0 Å². The van der Waals surface area contributed by atoms with Crippen LogP contribution in [0.5, 0.6) is 10.8 Å². The number of thiazole rings is 1. The number of hydrogen-bond acceptors (Lipinski definition) is 6. The minimum atomic E-state index is -0.953. The summed E-state index contributed by atoms with van der Waals surface area (Å²) in [7, 11) is 0. The molecule has 0 spiro atoms. The summed E-state index contributed by atoms with van der Waals surface area (Å²) in [6.07, 6.45) is 6.57. The molecule has 0 saturated heterocycles. The molecule has 166 valence electrons. The number of benzene rings is 2. The third-order valence-corrected chi connectivity index (χ3v) is 6.81. The van der Waals surface area contributed by atoms with Gasteiger partial charge in [0.2, 0.25) is 5.06 Å². The van der Waals surface area contributed by atoms with Gasteiger partial charge in [-0.15, -0.1) is 0 Å². The second-order valence-electron chi connectivity index (χ2n) is 8.02. The number of hydrogen-bond donors (Lipinski definition) is 2. The van der Waals surface area contributed by atoms with Crippen LogP contribution in [0.4, 0.5) is 11.5 Å². The molecule has 2 heterocycles. The van der Waals surface area contributed by atoms with Crippen molar-refractivity contribution in [3.8, 4) is 22.1 Å². The second kappa shape index (κ2) is 9.42. The van der Waals surface area contributed by atoms with Crippen LogP contribution in [-0.4, -0.2) is 21.0 Å². The SMILES string of the molecule is O=C(O)c1ccc(Nc2cc(Oc3sc(C4CCCC4)nc3-c3ccccc3)ccn2)cc1. The highest BCUT2D eigenvalue weighted by molar-refractivity contribution is 7.14. The smallest absolute Gasteiger partial charge is 0.335 e. The lowest BCUT2D eigenvalue weighted by molar-refractivity contribution is 0.0697. The van der Waals surface area contributed by atoms with Crippen LogP contribution in [0.15, 0.2) is 72.9 Å². The summed E-state index contributed by atoms with van der Waals surface area (Å²) >= 11 is 1.63. The molecular formula is C26H23N3O3S. The van der Waals surface area contributed by atoms with Gasteiger partial charge in [0.25, 0.3) is 0 Å². The largest absolute Gasteiger partial charge is 0.478 e. The number of carboxylic acid groups (broad SMARTS) is 1. The molecule has 2 aromatic heterocycles. The van der Waals surface area contributed by atoms with Gasteiger partial charge in [-0.3, -0.25) is 0 Å². The molecule has 0 unspecified atom stereocenters. The van der Waals surface area contributed by atoms with Crippen molar-refractivity contribution < 1.29 is 14.6 Å². The predicted octanol–water partition coefficient (Wildman–Crippen LogP) is 7.10. The fourth-order valence-electron chi connectivity index (χ4n) is 4.01. The van der Waals surface area contributed by atoms with Gasteiger partial charge in [-0.2, -0.15) is 0 Å². The van der Waals surface area contributed by atoms with Crippen LogP contribution in [0, 0.1) is 0 Å². The van der Waals surface area contributed by atoms with Crippen LogP contribution in [0.2, 0.25) is 0 Å². The maximum absolute atomic E-state index is 11.1. The summed E-state index contributed by atoms with van der Waals surface area (Å²) in [4.78, 5) is 20.4. The van der Waals surface area contributed by atoms with Gasteiger partial charge < -0.3 is 15.2 Å². The van der Waals surface area contributed by atoms with E-state index in [2.05, 4.69) is 22.4 Å².